The van der Waals surface area contributed by atoms with Crippen LogP contribution >= 0.6 is 0 Å². The summed E-state index contributed by atoms with van der Waals surface area (Å²) in [5.41, 5.74) is 0. The van der Waals surface area contributed by atoms with Crippen molar-refractivity contribution in [1.29, 1.82) is 0 Å². The van der Waals surface area contributed by atoms with Gasteiger partial charge in [0.25, 0.3) is 0 Å². The number of aliphatic hydroxyl groups is 1. The molecule has 1 fully saturated rings. The van der Waals surface area contributed by atoms with Crippen LogP contribution in [0.3, 0.4) is 0 Å². The molecule has 0 amide bonds. The number of aliphatic hydroxyl groups excluding tert-OH is 1. The number of methoxy groups -OCH3 is 1. The van der Waals surface area contributed by atoms with Gasteiger partial charge in [0.05, 0.1) is 12.2 Å². The Morgan fingerprint density at radius 1 is 1.20 bits per heavy atom. The molecule has 0 unspecified atom stereocenters. The van der Waals surface area contributed by atoms with Crippen molar-refractivity contribution in [3.8, 4) is 0 Å². The van der Waals surface area contributed by atoms with Crippen LogP contribution in [-0.2, 0) is 4.74 Å². The van der Waals surface area contributed by atoms with E-state index in [1.54, 1.807) is 7.11 Å². The standard InChI is InChI=1S/C8H16O2/c1-10-8-6-4-2-3-5-7(8)9/h7-9H,2-6H2,1H3/t7-,8-/m1/s1. The van der Waals surface area contributed by atoms with Crippen LogP contribution in [0, 0.1) is 0 Å². The van der Waals surface area contributed by atoms with E-state index in [1.807, 2.05) is 0 Å². The maximum atomic E-state index is 9.42. The van der Waals surface area contributed by atoms with E-state index in [4.69, 9.17) is 4.74 Å². The highest BCUT2D eigenvalue weighted by molar-refractivity contribution is 4.72. The van der Waals surface area contributed by atoms with Gasteiger partial charge >= 0.3 is 0 Å². The molecule has 0 bridgehead atoms. The largest absolute Gasteiger partial charge is 0.390 e. The van der Waals surface area contributed by atoms with Crippen molar-refractivity contribution < 1.29 is 9.84 Å². The topological polar surface area (TPSA) is 29.5 Å². The van der Waals surface area contributed by atoms with Gasteiger partial charge in [-0.1, -0.05) is 19.3 Å². The Bertz CT molecular complexity index is 93.3. The van der Waals surface area contributed by atoms with Gasteiger partial charge in [-0.2, -0.15) is 0 Å². The minimum Gasteiger partial charge on any atom is -0.390 e. The van der Waals surface area contributed by atoms with Crippen LogP contribution < -0.4 is 0 Å². The number of ether oxygens (including phenoxy) is 1. The molecule has 0 saturated heterocycles. The van der Waals surface area contributed by atoms with Crippen LogP contribution in [0.2, 0.25) is 0 Å². The van der Waals surface area contributed by atoms with Crippen LogP contribution in [0.15, 0.2) is 0 Å². The highest BCUT2D eigenvalue weighted by Crippen LogP contribution is 2.19. The third-order valence-corrected chi connectivity index (χ3v) is 2.22. The number of hydrogen-bond acceptors (Lipinski definition) is 2. The molecule has 0 aromatic carbocycles. The second kappa shape index (κ2) is 3.94. The molecule has 0 aliphatic heterocycles. The van der Waals surface area contributed by atoms with E-state index in [0.717, 1.165) is 19.3 Å². The van der Waals surface area contributed by atoms with Crippen LogP contribution in [0.1, 0.15) is 32.1 Å². The third kappa shape index (κ3) is 1.96. The van der Waals surface area contributed by atoms with Gasteiger partial charge in [0.1, 0.15) is 0 Å². The number of rotatable bonds is 1. The summed E-state index contributed by atoms with van der Waals surface area (Å²) >= 11 is 0. The van der Waals surface area contributed by atoms with Crippen LogP contribution in [0.5, 0.6) is 0 Å². The fourth-order valence-electron chi connectivity index (χ4n) is 1.53. The molecular weight excluding hydrogens is 128 g/mol. The van der Waals surface area contributed by atoms with Gasteiger partial charge in [-0.05, 0) is 12.8 Å². The fourth-order valence-corrected chi connectivity index (χ4v) is 1.53. The Kier molecular flexibility index (Phi) is 3.16. The maximum Gasteiger partial charge on any atom is 0.0830 e. The summed E-state index contributed by atoms with van der Waals surface area (Å²) in [5, 5.41) is 9.42. The highest BCUT2D eigenvalue weighted by atomic mass is 16.5. The molecule has 0 aromatic rings. The third-order valence-electron chi connectivity index (χ3n) is 2.22. The first-order valence-corrected chi connectivity index (χ1v) is 4.05. The molecule has 0 heterocycles. The smallest absolute Gasteiger partial charge is 0.0830 e. The second-order valence-corrected chi connectivity index (χ2v) is 2.98. The van der Waals surface area contributed by atoms with Crippen molar-refractivity contribution in [3.63, 3.8) is 0 Å². The van der Waals surface area contributed by atoms with E-state index in [0.29, 0.717) is 0 Å². The second-order valence-electron chi connectivity index (χ2n) is 2.98. The monoisotopic (exact) mass is 144 g/mol. The fraction of sp³-hybridized carbons (Fsp3) is 1.00. The molecule has 1 aliphatic rings. The van der Waals surface area contributed by atoms with Crippen LogP contribution in [-0.4, -0.2) is 24.4 Å². The van der Waals surface area contributed by atoms with Crippen molar-refractivity contribution in [3.05, 3.63) is 0 Å². The first-order chi connectivity index (χ1) is 4.84. The van der Waals surface area contributed by atoms with Gasteiger partial charge in [0, 0.05) is 7.11 Å². The van der Waals surface area contributed by atoms with E-state index < -0.39 is 0 Å². The average Bonchev–Trinajstić information content (AvgIpc) is 2.13. The Morgan fingerprint density at radius 3 is 2.60 bits per heavy atom. The normalized spacial score (nSPS) is 35.4. The Balaban J connectivity index is 2.35. The molecule has 0 radical (unpaired) electrons. The summed E-state index contributed by atoms with van der Waals surface area (Å²) in [4.78, 5) is 0. The van der Waals surface area contributed by atoms with Crippen molar-refractivity contribution in [2.45, 2.75) is 44.3 Å². The van der Waals surface area contributed by atoms with Crippen molar-refractivity contribution in [2.75, 3.05) is 7.11 Å². The SMILES string of the molecule is CO[C@@H]1CCCCC[C@H]1O. The zero-order chi connectivity index (χ0) is 7.40. The number of hydrogen-bond donors (Lipinski definition) is 1. The first-order valence-electron chi connectivity index (χ1n) is 4.05. The summed E-state index contributed by atoms with van der Waals surface area (Å²) in [6.45, 7) is 0. The van der Waals surface area contributed by atoms with E-state index in [9.17, 15) is 5.11 Å². The Morgan fingerprint density at radius 2 is 1.90 bits per heavy atom. The summed E-state index contributed by atoms with van der Waals surface area (Å²) in [6.07, 6.45) is 5.43. The summed E-state index contributed by atoms with van der Waals surface area (Å²) in [6, 6.07) is 0. The van der Waals surface area contributed by atoms with Gasteiger partial charge in [0.2, 0.25) is 0 Å². The quantitative estimate of drug-likeness (QED) is 0.562. The van der Waals surface area contributed by atoms with Gasteiger partial charge < -0.3 is 9.84 Å². The molecule has 1 saturated carbocycles. The molecule has 1 rings (SSSR count). The van der Waals surface area contributed by atoms with E-state index in [1.165, 1.54) is 12.8 Å². The lowest BCUT2D eigenvalue weighted by molar-refractivity contribution is -0.0148. The summed E-state index contributed by atoms with van der Waals surface area (Å²) in [5.74, 6) is 0. The molecule has 60 valence electrons. The summed E-state index contributed by atoms with van der Waals surface area (Å²) in [7, 11) is 1.68. The lowest BCUT2D eigenvalue weighted by atomic mass is 10.1. The first kappa shape index (κ1) is 8.02. The van der Waals surface area contributed by atoms with Gasteiger partial charge in [0.15, 0.2) is 0 Å². The minimum absolute atomic E-state index is 0.0995. The summed E-state index contributed by atoms with van der Waals surface area (Å²) < 4.78 is 5.13. The lowest BCUT2D eigenvalue weighted by Gasteiger charge is -2.17. The van der Waals surface area contributed by atoms with Gasteiger partial charge in [-0.3, -0.25) is 0 Å². The van der Waals surface area contributed by atoms with Gasteiger partial charge in [-0.15, -0.1) is 0 Å². The van der Waals surface area contributed by atoms with Crippen LogP contribution in [0.25, 0.3) is 0 Å². The zero-order valence-corrected chi connectivity index (χ0v) is 6.55. The Hall–Kier alpha value is -0.0800. The predicted octanol–water partition coefficient (Wildman–Crippen LogP) is 1.33. The van der Waals surface area contributed by atoms with E-state index in [-0.39, 0.29) is 12.2 Å². The molecule has 1 aliphatic carbocycles. The van der Waals surface area contributed by atoms with E-state index >= 15 is 0 Å². The molecule has 2 nitrogen and oxygen atoms in total. The molecule has 0 spiro atoms. The minimum atomic E-state index is -0.215. The van der Waals surface area contributed by atoms with Crippen LogP contribution in [0.4, 0.5) is 0 Å². The average molecular weight is 144 g/mol. The zero-order valence-electron chi connectivity index (χ0n) is 6.55. The van der Waals surface area contributed by atoms with E-state index in [2.05, 4.69) is 0 Å². The molecule has 10 heavy (non-hydrogen) atoms. The maximum absolute atomic E-state index is 9.42. The van der Waals surface area contributed by atoms with Crippen molar-refractivity contribution >= 4 is 0 Å². The predicted molar refractivity (Wildman–Crippen MR) is 39.9 cm³/mol. The van der Waals surface area contributed by atoms with Crippen molar-refractivity contribution in [1.82, 2.24) is 0 Å². The van der Waals surface area contributed by atoms with Crippen molar-refractivity contribution in [2.24, 2.45) is 0 Å². The molecule has 1 N–H and O–H groups in total. The van der Waals surface area contributed by atoms with Gasteiger partial charge in [-0.25, -0.2) is 0 Å². The molecular formula is C8H16O2. The highest BCUT2D eigenvalue weighted by Gasteiger charge is 2.20. The lowest BCUT2D eigenvalue weighted by Crippen LogP contribution is -2.26. The molecule has 0 aromatic heterocycles. The molecule has 2 heteroatoms. The molecule has 2 atom stereocenters. The Labute approximate surface area is 62.2 Å².